The number of anilines is 2. The zero-order valence-electron chi connectivity index (χ0n) is 13.8. The van der Waals surface area contributed by atoms with Gasteiger partial charge in [0.05, 0.1) is 11.9 Å². The van der Waals surface area contributed by atoms with Gasteiger partial charge in [0.15, 0.2) is 0 Å². The highest BCUT2D eigenvalue weighted by molar-refractivity contribution is 7.18. The summed E-state index contributed by atoms with van der Waals surface area (Å²) in [5.74, 6) is 0.712. The lowest BCUT2D eigenvalue weighted by Crippen LogP contribution is -2.31. The minimum Gasteiger partial charge on any atom is -0.398 e. The van der Waals surface area contributed by atoms with Crippen LogP contribution in [0.1, 0.15) is 28.2 Å². The standard InChI is InChI=1S/C18H20N4OS/c1-10-11(2)24-18-16(10)17(23)20-15(21-18)9-22-8-4-5-12-13(19)6-3-7-14(12)22/h3,6-7H,4-5,8-9,19H2,1-2H3,(H,20,21,23). The maximum Gasteiger partial charge on any atom is 0.259 e. The molecule has 1 aromatic carbocycles. The fourth-order valence-corrected chi connectivity index (χ4v) is 4.50. The summed E-state index contributed by atoms with van der Waals surface area (Å²) >= 11 is 1.59. The predicted molar refractivity (Wildman–Crippen MR) is 99.9 cm³/mol. The second-order valence-electron chi connectivity index (χ2n) is 6.35. The van der Waals surface area contributed by atoms with Crippen molar-refractivity contribution in [2.45, 2.75) is 33.2 Å². The number of nitrogens with zero attached hydrogens (tertiary/aromatic N) is 2. The third-order valence-corrected chi connectivity index (χ3v) is 5.91. The molecule has 0 fully saturated rings. The first-order valence-electron chi connectivity index (χ1n) is 8.16. The number of aryl methyl sites for hydroxylation is 2. The Bertz CT molecular complexity index is 989. The molecule has 6 heteroatoms. The fraction of sp³-hybridized carbons (Fsp3) is 0.333. The van der Waals surface area contributed by atoms with Crippen LogP contribution >= 0.6 is 11.3 Å². The Labute approximate surface area is 144 Å². The maximum absolute atomic E-state index is 12.4. The highest BCUT2D eigenvalue weighted by Gasteiger charge is 2.20. The third-order valence-electron chi connectivity index (χ3n) is 4.81. The van der Waals surface area contributed by atoms with Gasteiger partial charge in [-0.1, -0.05) is 6.07 Å². The summed E-state index contributed by atoms with van der Waals surface area (Å²) in [6.07, 6.45) is 2.07. The van der Waals surface area contributed by atoms with Crippen LogP contribution in [-0.2, 0) is 13.0 Å². The molecular weight excluding hydrogens is 320 g/mol. The van der Waals surface area contributed by atoms with Crippen LogP contribution in [0.3, 0.4) is 0 Å². The fourth-order valence-electron chi connectivity index (χ4n) is 3.45. The van der Waals surface area contributed by atoms with Gasteiger partial charge in [0.25, 0.3) is 5.56 Å². The van der Waals surface area contributed by atoms with E-state index < -0.39 is 0 Å². The Balaban J connectivity index is 1.74. The second-order valence-corrected chi connectivity index (χ2v) is 7.55. The number of hydrogen-bond acceptors (Lipinski definition) is 5. The zero-order valence-corrected chi connectivity index (χ0v) is 14.7. The molecular formula is C18H20N4OS. The van der Waals surface area contributed by atoms with Crippen molar-refractivity contribution in [2.75, 3.05) is 17.2 Å². The summed E-state index contributed by atoms with van der Waals surface area (Å²) < 4.78 is 0. The van der Waals surface area contributed by atoms with Crippen LogP contribution in [-0.4, -0.2) is 16.5 Å². The van der Waals surface area contributed by atoms with Crippen LogP contribution in [0.5, 0.6) is 0 Å². The quantitative estimate of drug-likeness (QED) is 0.703. The molecule has 3 aromatic rings. The van der Waals surface area contributed by atoms with Gasteiger partial charge < -0.3 is 15.6 Å². The molecule has 2 aromatic heterocycles. The molecule has 0 spiro atoms. The van der Waals surface area contributed by atoms with Crippen molar-refractivity contribution in [1.82, 2.24) is 9.97 Å². The van der Waals surface area contributed by atoms with Crippen molar-refractivity contribution >= 4 is 32.9 Å². The topological polar surface area (TPSA) is 75.0 Å². The predicted octanol–water partition coefficient (Wildman–Crippen LogP) is 3.14. The Hall–Kier alpha value is -2.34. The van der Waals surface area contributed by atoms with Crippen LogP contribution in [0, 0.1) is 13.8 Å². The smallest absolute Gasteiger partial charge is 0.259 e. The van der Waals surface area contributed by atoms with Gasteiger partial charge in [-0.25, -0.2) is 4.98 Å². The van der Waals surface area contributed by atoms with Crippen molar-refractivity contribution in [3.8, 4) is 0 Å². The van der Waals surface area contributed by atoms with Gasteiger partial charge in [0.1, 0.15) is 10.7 Å². The van der Waals surface area contributed by atoms with E-state index in [0.717, 1.165) is 51.4 Å². The number of nitrogens with two attached hydrogens (primary N) is 1. The molecule has 0 saturated carbocycles. The van der Waals surface area contributed by atoms with Crippen molar-refractivity contribution in [3.63, 3.8) is 0 Å². The first-order valence-corrected chi connectivity index (χ1v) is 8.97. The van der Waals surface area contributed by atoms with Crippen LogP contribution in [0.2, 0.25) is 0 Å². The first kappa shape index (κ1) is 15.2. The van der Waals surface area contributed by atoms with Gasteiger partial charge in [-0.3, -0.25) is 4.79 Å². The van der Waals surface area contributed by atoms with Crippen molar-refractivity contribution in [3.05, 3.63) is 50.4 Å². The molecule has 0 bridgehead atoms. The minimum absolute atomic E-state index is 0.0401. The molecule has 3 heterocycles. The largest absolute Gasteiger partial charge is 0.398 e. The number of hydrogen-bond donors (Lipinski definition) is 2. The average molecular weight is 340 g/mol. The van der Waals surface area contributed by atoms with Crippen molar-refractivity contribution in [1.29, 1.82) is 0 Å². The molecule has 124 valence electrons. The highest BCUT2D eigenvalue weighted by atomic mass is 32.1. The third kappa shape index (κ3) is 2.38. The van der Waals surface area contributed by atoms with Crippen molar-refractivity contribution in [2.24, 2.45) is 0 Å². The number of rotatable bonds is 2. The molecule has 0 aliphatic carbocycles. The molecule has 4 rings (SSSR count). The van der Waals surface area contributed by atoms with Gasteiger partial charge in [-0.05, 0) is 49.9 Å². The SMILES string of the molecule is Cc1sc2nc(CN3CCCc4c(N)cccc43)[nH]c(=O)c2c1C. The lowest BCUT2D eigenvalue weighted by Gasteiger charge is -2.31. The molecule has 1 aliphatic heterocycles. The summed E-state index contributed by atoms with van der Waals surface area (Å²) in [6, 6.07) is 6.03. The number of nitrogen functional groups attached to an aromatic ring is 1. The van der Waals surface area contributed by atoms with Gasteiger partial charge in [0.2, 0.25) is 0 Å². The molecule has 0 atom stereocenters. The second kappa shape index (κ2) is 5.63. The highest BCUT2D eigenvalue weighted by Crippen LogP contribution is 2.32. The van der Waals surface area contributed by atoms with E-state index in [1.807, 2.05) is 26.0 Å². The molecule has 5 nitrogen and oxygen atoms in total. The van der Waals surface area contributed by atoms with Crippen LogP contribution in [0.15, 0.2) is 23.0 Å². The monoisotopic (exact) mass is 340 g/mol. The average Bonchev–Trinajstić information content (AvgIpc) is 2.83. The molecule has 0 unspecified atom stereocenters. The minimum atomic E-state index is -0.0401. The van der Waals surface area contributed by atoms with E-state index in [1.54, 1.807) is 11.3 Å². The Morgan fingerprint density at radius 2 is 2.21 bits per heavy atom. The summed E-state index contributed by atoms with van der Waals surface area (Å²) in [4.78, 5) is 24.3. The summed E-state index contributed by atoms with van der Waals surface area (Å²) in [5.41, 5.74) is 10.3. The number of benzene rings is 1. The molecule has 0 saturated heterocycles. The molecule has 0 radical (unpaired) electrons. The molecule has 0 amide bonds. The maximum atomic E-state index is 12.4. The molecule has 24 heavy (non-hydrogen) atoms. The van der Waals surface area contributed by atoms with Crippen molar-refractivity contribution < 1.29 is 0 Å². The number of aromatic nitrogens is 2. The number of aromatic amines is 1. The zero-order chi connectivity index (χ0) is 16.8. The number of thiophene rings is 1. The van der Waals surface area contributed by atoms with Crippen LogP contribution < -0.4 is 16.2 Å². The Kier molecular flexibility index (Phi) is 3.57. The number of H-pyrrole nitrogens is 1. The normalized spacial score (nSPS) is 14.2. The lowest BCUT2D eigenvalue weighted by molar-refractivity contribution is 0.675. The van der Waals surface area contributed by atoms with E-state index in [2.05, 4.69) is 16.0 Å². The van der Waals surface area contributed by atoms with Gasteiger partial charge in [0, 0.05) is 22.8 Å². The Morgan fingerprint density at radius 3 is 3.04 bits per heavy atom. The van der Waals surface area contributed by atoms with Gasteiger partial charge in [-0.15, -0.1) is 11.3 Å². The van der Waals surface area contributed by atoms with E-state index in [0.29, 0.717) is 12.4 Å². The summed E-state index contributed by atoms with van der Waals surface area (Å²) in [7, 11) is 0. The van der Waals surface area contributed by atoms with Gasteiger partial charge >= 0.3 is 0 Å². The van der Waals surface area contributed by atoms with Gasteiger partial charge in [-0.2, -0.15) is 0 Å². The van der Waals surface area contributed by atoms with E-state index >= 15 is 0 Å². The number of fused-ring (bicyclic) bond motifs is 2. The summed E-state index contributed by atoms with van der Waals surface area (Å²) in [5, 5.41) is 0.726. The van der Waals surface area contributed by atoms with Crippen LogP contribution in [0.25, 0.3) is 10.2 Å². The van der Waals surface area contributed by atoms with E-state index in [9.17, 15) is 4.79 Å². The molecule has 3 N–H and O–H groups in total. The number of nitrogens with one attached hydrogen (secondary N) is 1. The summed E-state index contributed by atoms with van der Waals surface area (Å²) in [6.45, 7) is 5.55. The van der Waals surface area contributed by atoms with E-state index in [-0.39, 0.29) is 5.56 Å². The molecule has 1 aliphatic rings. The first-order chi connectivity index (χ1) is 11.5. The van der Waals surface area contributed by atoms with E-state index in [4.69, 9.17) is 10.7 Å². The Morgan fingerprint density at radius 1 is 1.38 bits per heavy atom. The van der Waals surface area contributed by atoms with E-state index in [1.165, 1.54) is 5.56 Å². The van der Waals surface area contributed by atoms with Crippen LogP contribution in [0.4, 0.5) is 11.4 Å². The lowest BCUT2D eigenvalue weighted by atomic mass is 10.00.